The number of nitrogens with one attached hydrogen (secondary N) is 1. The summed E-state index contributed by atoms with van der Waals surface area (Å²) >= 11 is 3.73. The van der Waals surface area contributed by atoms with Crippen molar-refractivity contribution < 1.29 is 4.79 Å². The van der Waals surface area contributed by atoms with Gasteiger partial charge in [0.2, 0.25) is 0 Å². The van der Waals surface area contributed by atoms with Gasteiger partial charge < -0.3 is 4.57 Å². The number of benzene rings is 3. The molecule has 0 fully saturated rings. The summed E-state index contributed by atoms with van der Waals surface area (Å²) in [5, 5.41) is 4.28. The van der Waals surface area contributed by atoms with Crippen molar-refractivity contribution in [2.24, 2.45) is 5.10 Å². The second-order valence-corrected chi connectivity index (χ2v) is 11.0. The van der Waals surface area contributed by atoms with Gasteiger partial charge in [-0.05, 0) is 102 Å². The largest absolute Gasteiger partial charge is 0.317 e. The smallest absolute Gasteiger partial charge is 0.271 e. The van der Waals surface area contributed by atoms with Gasteiger partial charge in [0.25, 0.3) is 5.91 Å². The lowest BCUT2D eigenvalue weighted by Gasteiger charge is -2.28. The van der Waals surface area contributed by atoms with E-state index in [-0.39, 0.29) is 5.91 Å². The van der Waals surface area contributed by atoms with Crippen LogP contribution in [0.2, 0.25) is 0 Å². The summed E-state index contributed by atoms with van der Waals surface area (Å²) in [7, 11) is 0. The van der Waals surface area contributed by atoms with Crippen molar-refractivity contribution in [3.63, 3.8) is 0 Å². The number of hydrogen-bond acceptors (Lipinski definition) is 3. The van der Waals surface area contributed by atoms with E-state index in [1.54, 1.807) is 6.21 Å². The van der Waals surface area contributed by atoms with Crippen molar-refractivity contribution >= 4 is 28.1 Å². The van der Waals surface area contributed by atoms with Gasteiger partial charge in [0.05, 0.1) is 6.21 Å². The van der Waals surface area contributed by atoms with Gasteiger partial charge >= 0.3 is 0 Å². The minimum Gasteiger partial charge on any atom is -0.317 e. The number of halogens is 1. The van der Waals surface area contributed by atoms with Crippen LogP contribution in [0.1, 0.15) is 55.1 Å². The van der Waals surface area contributed by atoms with Gasteiger partial charge in [-0.1, -0.05) is 42.5 Å². The predicted molar refractivity (Wildman–Crippen MR) is 158 cm³/mol. The lowest BCUT2D eigenvalue weighted by molar-refractivity contribution is 0.0955. The zero-order valence-corrected chi connectivity index (χ0v) is 24.0. The molecular formula is C32H33BrN4O. The molecule has 1 aromatic heterocycles. The van der Waals surface area contributed by atoms with Crippen LogP contribution in [-0.2, 0) is 19.5 Å². The zero-order chi connectivity index (χ0) is 26.8. The van der Waals surface area contributed by atoms with Crippen LogP contribution in [0.25, 0.3) is 5.69 Å². The Morgan fingerprint density at radius 2 is 1.63 bits per heavy atom. The highest BCUT2D eigenvalue weighted by molar-refractivity contribution is 9.10. The lowest BCUT2D eigenvalue weighted by Crippen LogP contribution is -2.30. The first-order chi connectivity index (χ1) is 18.3. The molecule has 5 nitrogen and oxygen atoms in total. The van der Waals surface area contributed by atoms with E-state index in [1.807, 2.05) is 24.3 Å². The second kappa shape index (κ2) is 11.1. The van der Waals surface area contributed by atoms with Crippen molar-refractivity contribution in [2.45, 2.75) is 47.2 Å². The van der Waals surface area contributed by atoms with Gasteiger partial charge in [-0.15, -0.1) is 0 Å². The van der Waals surface area contributed by atoms with E-state index in [2.05, 4.69) is 106 Å². The van der Waals surface area contributed by atoms with Gasteiger partial charge in [-0.2, -0.15) is 5.10 Å². The normalized spacial score (nSPS) is 13.6. The van der Waals surface area contributed by atoms with Crippen molar-refractivity contribution in [1.82, 2.24) is 14.9 Å². The summed E-state index contributed by atoms with van der Waals surface area (Å²) in [6.45, 7) is 11.2. The van der Waals surface area contributed by atoms with Crippen molar-refractivity contribution in [2.75, 3.05) is 6.54 Å². The molecule has 2 heterocycles. The summed E-state index contributed by atoms with van der Waals surface area (Å²) in [5.41, 5.74) is 14.0. The summed E-state index contributed by atoms with van der Waals surface area (Å²) in [5.74, 6) is -0.223. The number of hydrazone groups is 1. The van der Waals surface area contributed by atoms with Crippen LogP contribution in [0, 0.1) is 27.7 Å². The molecule has 3 aromatic carbocycles. The van der Waals surface area contributed by atoms with Gasteiger partial charge in [-0.3, -0.25) is 9.69 Å². The van der Waals surface area contributed by atoms with Crippen LogP contribution in [0.5, 0.6) is 0 Å². The topological polar surface area (TPSA) is 49.6 Å². The van der Waals surface area contributed by atoms with E-state index in [1.165, 1.54) is 27.8 Å². The monoisotopic (exact) mass is 568 g/mol. The molecule has 0 atom stereocenters. The number of aryl methyl sites for hydroxylation is 2. The minimum atomic E-state index is -0.223. The average molecular weight is 570 g/mol. The number of rotatable bonds is 6. The number of fused-ring (bicyclic) bond motifs is 1. The molecule has 1 amide bonds. The van der Waals surface area contributed by atoms with Crippen molar-refractivity contribution in [1.29, 1.82) is 0 Å². The Labute approximate surface area is 233 Å². The molecular weight excluding hydrogens is 536 g/mol. The summed E-state index contributed by atoms with van der Waals surface area (Å²) in [6, 6.07) is 23.0. The fourth-order valence-corrected chi connectivity index (χ4v) is 5.94. The van der Waals surface area contributed by atoms with Crippen LogP contribution >= 0.6 is 15.9 Å². The Balaban J connectivity index is 1.23. The Morgan fingerprint density at radius 3 is 2.34 bits per heavy atom. The third kappa shape index (κ3) is 5.52. The third-order valence-electron chi connectivity index (χ3n) is 7.27. The number of nitrogens with zero attached hydrogens (tertiary/aromatic N) is 3. The van der Waals surface area contributed by atoms with Crippen LogP contribution in [0.3, 0.4) is 0 Å². The molecule has 0 aliphatic carbocycles. The van der Waals surface area contributed by atoms with E-state index in [0.717, 1.165) is 53.2 Å². The molecule has 5 rings (SSSR count). The molecule has 0 unspecified atom stereocenters. The molecule has 0 saturated heterocycles. The standard InChI is InChI=1S/C32H33BrN4O/c1-21-15-22(2)17-29(16-21)37-23(3)30(31(33)24(37)4)18-34-35-32(38)27-11-9-25(10-12-27)19-36-14-13-26-7-5-6-8-28(26)20-36/h5-12,15-18H,13-14,19-20H2,1-4H3,(H,35,38)/b34-18-. The maximum Gasteiger partial charge on any atom is 0.271 e. The molecule has 4 aromatic rings. The van der Waals surface area contributed by atoms with E-state index >= 15 is 0 Å². The van der Waals surface area contributed by atoms with Gasteiger partial charge in [0, 0.05) is 52.3 Å². The fraction of sp³-hybridized carbons (Fsp3) is 0.250. The first kappa shape index (κ1) is 26.1. The molecule has 0 bridgehead atoms. The Hall–Kier alpha value is -3.48. The summed E-state index contributed by atoms with van der Waals surface area (Å²) in [4.78, 5) is 15.2. The Morgan fingerprint density at radius 1 is 0.947 bits per heavy atom. The maximum atomic E-state index is 12.8. The van der Waals surface area contributed by atoms with Crippen molar-refractivity contribution in [3.05, 3.63) is 122 Å². The summed E-state index contributed by atoms with van der Waals surface area (Å²) < 4.78 is 3.18. The van der Waals surface area contributed by atoms with E-state index < -0.39 is 0 Å². The van der Waals surface area contributed by atoms with Crippen LogP contribution in [-0.4, -0.2) is 28.1 Å². The first-order valence-corrected chi connectivity index (χ1v) is 13.8. The van der Waals surface area contributed by atoms with Crippen LogP contribution in [0.4, 0.5) is 0 Å². The van der Waals surface area contributed by atoms with Crippen LogP contribution < -0.4 is 5.43 Å². The molecule has 0 saturated carbocycles. The maximum absolute atomic E-state index is 12.8. The first-order valence-electron chi connectivity index (χ1n) is 13.0. The zero-order valence-electron chi connectivity index (χ0n) is 22.4. The number of carbonyl (C=O) groups is 1. The molecule has 1 N–H and O–H groups in total. The van der Waals surface area contributed by atoms with E-state index in [9.17, 15) is 4.79 Å². The minimum absolute atomic E-state index is 0.223. The lowest BCUT2D eigenvalue weighted by atomic mass is 9.99. The van der Waals surface area contributed by atoms with E-state index in [4.69, 9.17) is 0 Å². The predicted octanol–water partition coefficient (Wildman–Crippen LogP) is 6.80. The number of carbonyl (C=O) groups excluding carboxylic acids is 1. The molecule has 6 heteroatoms. The number of aromatic nitrogens is 1. The van der Waals surface area contributed by atoms with E-state index in [0.29, 0.717) is 5.56 Å². The highest BCUT2D eigenvalue weighted by Gasteiger charge is 2.17. The molecule has 1 aliphatic heterocycles. The highest BCUT2D eigenvalue weighted by Crippen LogP contribution is 2.30. The van der Waals surface area contributed by atoms with Crippen LogP contribution in [0.15, 0.2) is 76.3 Å². The number of hydrogen-bond donors (Lipinski definition) is 1. The van der Waals surface area contributed by atoms with Gasteiger partial charge in [0.15, 0.2) is 0 Å². The van der Waals surface area contributed by atoms with Gasteiger partial charge in [0.1, 0.15) is 0 Å². The third-order valence-corrected chi connectivity index (χ3v) is 8.27. The quantitative estimate of drug-likeness (QED) is 0.205. The SMILES string of the molecule is Cc1cc(C)cc(-n2c(C)c(Br)c(/C=N\NC(=O)c3ccc(CN4CCc5ccccc5C4)cc3)c2C)c1. The number of amides is 1. The van der Waals surface area contributed by atoms with Crippen molar-refractivity contribution in [3.8, 4) is 5.69 Å². The Bertz CT molecular complexity index is 1500. The molecule has 194 valence electrons. The van der Waals surface area contributed by atoms with Gasteiger partial charge in [-0.25, -0.2) is 5.43 Å². The second-order valence-electron chi connectivity index (χ2n) is 10.2. The molecule has 0 spiro atoms. The highest BCUT2D eigenvalue weighted by atomic mass is 79.9. The fourth-order valence-electron chi connectivity index (χ4n) is 5.37. The summed E-state index contributed by atoms with van der Waals surface area (Å²) in [6.07, 6.45) is 2.80. The Kier molecular flexibility index (Phi) is 7.63. The molecule has 0 radical (unpaired) electrons. The average Bonchev–Trinajstić information content (AvgIpc) is 3.11. The molecule has 1 aliphatic rings. The molecule has 38 heavy (non-hydrogen) atoms.